The van der Waals surface area contributed by atoms with E-state index in [4.69, 9.17) is 0 Å². The molecule has 0 atom stereocenters. The summed E-state index contributed by atoms with van der Waals surface area (Å²) in [5.41, 5.74) is 2.34. The number of aromatic nitrogens is 2. The molecule has 3 aromatic rings. The molecule has 0 saturated carbocycles. The van der Waals surface area contributed by atoms with Gasteiger partial charge in [0.25, 0.3) is 0 Å². The van der Waals surface area contributed by atoms with Gasteiger partial charge in [0, 0.05) is 18.4 Å². The van der Waals surface area contributed by atoms with Crippen molar-refractivity contribution in [2.24, 2.45) is 0 Å². The van der Waals surface area contributed by atoms with Gasteiger partial charge in [-0.05, 0) is 24.1 Å². The Bertz CT molecular complexity index is 723. The first kappa shape index (κ1) is 13.6. The van der Waals surface area contributed by atoms with Crippen LogP contribution < -0.4 is 5.32 Å². The Kier molecular flexibility index (Phi) is 4.10. The van der Waals surface area contributed by atoms with Crippen molar-refractivity contribution in [3.05, 3.63) is 66.0 Å². The van der Waals surface area contributed by atoms with Crippen molar-refractivity contribution in [3.63, 3.8) is 0 Å². The van der Waals surface area contributed by atoms with Gasteiger partial charge in [-0.2, -0.15) is 0 Å². The Morgan fingerprint density at radius 1 is 0.905 bits per heavy atom. The highest BCUT2D eigenvalue weighted by Crippen LogP contribution is 2.20. The van der Waals surface area contributed by atoms with Crippen LogP contribution in [0.3, 0.4) is 0 Å². The van der Waals surface area contributed by atoms with Gasteiger partial charge in [-0.15, -0.1) is 0 Å². The lowest BCUT2D eigenvalue weighted by Gasteiger charge is -2.10. The van der Waals surface area contributed by atoms with Crippen LogP contribution in [0.15, 0.2) is 54.6 Å². The number of anilines is 1. The van der Waals surface area contributed by atoms with Gasteiger partial charge >= 0.3 is 0 Å². The zero-order valence-electron chi connectivity index (χ0n) is 12.2. The van der Waals surface area contributed by atoms with Crippen LogP contribution in [-0.2, 0) is 12.8 Å². The Balaban J connectivity index is 1.79. The fourth-order valence-electron chi connectivity index (χ4n) is 2.39. The number of nitrogens with one attached hydrogen (secondary N) is 1. The minimum absolute atomic E-state index is 0.845. The van der Waals surface area contributed by atoms with Crippen molar-refractivity contribution < 1.29 is 0 Å². The molecule has 0 unspecified atom stereocenters. The zero-order chi connectivity index (χ0) is 14.5. The van der Waals surface area contributed by atoms with E-state index < -0.39 is 0 Å². The summed E-state index contributed by atoms with van der Waals surface area (Å²) in [6, 6.07) is 18.6. The second kappa shape index (κ2) is 6.35. The molecule has 21 heavy (non-hydrogen) atoms. The quantitative estimate of drug-likeness (QED) is 0.770. The lowest BCUT2D eigenvalue weighted by atomic mass is 10.1. The largest absolute Gasteiger partial charge is 0.369 e. The number of hydrogen-bond acceptors (Lipinski definition) is 3. The van der Waals surface area contributed by atoms with Gasteiger partial charge in [-0.1, -0.05) is 49.4 Å². The van der Waals surface area contributed by atoms with Crippen LogP contribution in [0.1, 0.15) is 18.3 Å². The summed E-state index contributed by atoms with van der Waals surface area (Å²) in [4.78, 5) is 9.20. The Morgan fingerprint density at radius 3 is 2.48 bits per heavy atom. The summed E-state index contributed by atoms with van der Waals surface area (Å²) in [7, 11) is 0. The normalized spacial score (nSPS) is 10.7. The van der Waals surface area contributed by atoms with Crippen LogP contribution in [0.25, 0.3) is 10.9 Å². The minimum atomic E-state index is 0.845. The molecule has 0 bridgehead atoms. The Morgan fingerprint density at radius 2 is 1.67 bits per heavy atom. The van der Waals surface area contributed by atoms with E-state index in [-0.39, 0.29) is 0 Å². The molecule has 0 spiro atoms. The molecule has 0 aliphatic carbocycles. The fraction of sp³-hybridized carbons (Fsp3) is 0.222. The van der Waals surface area contributed by atoms with Crippen LogP contribution in [-0.4, -0.2) is 16.5 Å². The Hall–Kier alpha value is -2.42. The first-order valence-electron chi connectivity index (χ1n) is 7.40. The second-order valence-corrected chi connectivity index (χ2v) is 5.02. The molecule has 1 N–H and O–H groups in total. The highest BCUT2D eigenvalue weighted by molar-refractivity contribution is 5.88. The zero-order valence-corrected chi connectivity index (χ0v) is 12.2. The van der Waals surface area contributed by atoms with Gasteiger partial charge in [0.05, 0.1) is 5.52 Å². The van der Waals surface area contributed by atoms with Crippen LogP contribution in [0, 0.1) is 0 Å². The van der Waals surface area contributed by atoms with E-state index in [9.17, 15) is 0 Å². The number of hydrogen-bond donors (Lipinski definition) is 1. The van der Waals surface area contributed by atoms with E-state index in [0.717, 1.165) is 41.9 Å². The van der Waals surface area contributed by atoms with Crippen molar-refractivity contribution in [1.82, 2.24) is 9.97 Å². The van der Waals surface area contributed by atoms with Crippen molar-refractivity contribution in [2.45, 2.75) is 19.8 Å². The second-order valence-electron chi connectivity index (χ2n) is 5.02. The molecule has 0 amide bonds. The van der Waals surface area contributed by atoms with E-state index in [2.05, 4.69) is 52.5 Å². The SMILES string of the molecule is CCc1nc(NCCc2ccccc2)c2ccccc2n1. The van der Waals surface area contributed by atoms with Crippen LogP contribution >= 0.6 is 0 Å². The van der Waals surface area contributed by atoms with E-state index >= 15 is 0 Å². The van der Waals surface area contributed by atoms with Gasteiger partial charge in [0.15, 0.2) is 0 Å². The average molecular weight is 277 g/mol. The fourth-order valence-corrected chi connectivity index (χ4v) is 2.39. The maximum absolute atomic E-state index is 4.63. The molecule has 0 aliphatic heterocycles. The molecule has 0 fully saturated rings. The molecule has 0 radical (unpaired) electrons. The smallest absolute Gasteiger partial charge is 0.137 e. The van der Waals surface area contributed by atoms with Crippen LogP contribution in [0.4, 0.5) is 5.82 Å². The van der Waals surface area contributed by atoms with Crippen LogP contribution in [0.5, 0.6) is 0 Å². The van der Waals surface area contributed by atoms with Gasteiger partial charge in [0.1, 0.15) is 11.6 Å². The Labute approximate surface area is 125 Å². The summed E-state index contributed by atoms with van der Waals surface area (Å²) in [6.07, 6.45) is 1.83. The average Bonchev–Trinajstić information content (AvgIpc) is 2.55. The molecule has 106 valence electrons. The van der Waals surface area contributed by atoms with Crippen molar-refractivity contribution in [2.75, 3.05) is 11.9 Å². The molecule has 3 rings (SSSR count). The minimum Gasteiger partial charge on any atom is -0.369 e. The van der Waals surface area contributed by atoms with Gasteiger partial charge in [0.2, 0.25) is 0 Å². The number of aryl methyl sites for hydroxylation is 1. The molecular weight excluding hydrogens is 258 g/mol. The third-order valence-electron chi connectivity index (χ3n) is 3.51. The molecule has 3 heteroatoms. The molecule has 3 nitrogen and oxygen atoms in total. The number of nitrogens with zero attached hydrogens (tertiary/aromatic N) is 2. The monoisotopic (exact) mass is 277 g/mol. The molecule has 2 aromatic carbocycles. The number of fused-ring (bicyclic) bond motifs is 1. The van der Waals surface area contributed by atoms with Gasteiger partial charge < -0.3 is 5.32 Å². The van der Waals surface area contributed by atoms with E-state index in [0.29, 0.717) is 0 Å². The van der Waals surface area contributed by atoms with E-state index in [1.807, 2.05) is 24.3 Å². The van der Waals surface area contributed by atoms with Crippen LogP contribution in [0.2, 0.25) is 0 Å². The van der Waals surface area contributed by atoms with Crippen molar-refractivity contribution in [3.8, 4) is 0 Å². The number of rotatable bonds is 5. The lowest BCUT2D eigenvalue weighted by molar-refractivity contribution is 0.944. The third kappa shape index (κ3) is 3.19. The summed E-state index contributed by atoms with van der Waals surface area (Å²) in [5, 5.41) is 4.55. The van der Waals surface area contributed by atoms with E-state index in [1.54, 1.807) is 0 Å². The molecular formula is C18H19N3. The summed E-state index contributed by atoms with van der Waals surface area (Å²) >= 11 is 0. The number of para-hydroxylation sites is 1. The standard InChI is InChI=1S/C18H19N3/c1-2-17-20-16-11-7-6-10-15(16)18(21-17)19-13-12-14-8-4-3-5-9-14/h3-11H,2,12-13H2,1H3,(H,19,20,21). The van der Waals surface area contributed by atoms with Crippen molar-refractivity contribution in [1.29, 1.82) is 0 Å². The number of benzene rings is 2. The first-order chi connectivity index (χ1) is 10.4. The third-order valence-corrected chi connectivity index (χ3v) is 3.51. The predicted molar refractivity (Wildman–Crippen MR) is 87.6 cm³/mol. The topological polar surface area (TPSA) is 37.8 Å². The van der Waals surface area contributed by atoms with E-state index in [1.165, 1.54) is 5.56 Å². The summed E-state index contributed by atoms with van der Waals surface area (Å²) < 4.78 is 0. The van der Waals surface area contributed by atoms with Gasteiger partial charge in [-0.25, -0.2) is 9.97 Å². The highest BCUT2D eigenvalue weighted by atomic mass is 15.0. The van der Waals surface area contributed by atoms with Crippen molar-refractivity contribution >= 4 is 16.7 Å². The first-order valence-corrected chi connectivity index (χ1v) is 7.40. The maximum atomic E-state index is 4.63. The lowest BCUT2D eigenvalue weighted by Crippen LogP contribution is -2.08. The molecule has 1 heterocycles. The predicted octanol–water partition coefficient (Wildman–Crippen LogP) is 3.85. The summed E-state index contributed by atoms with van der Waals surface area (Å²) in [5.74, 6) is 1.82. The molecule has 0 saturated heterocycles. The molecule has 1 aromatic heterocycles. The molecule has 0 aliphatic rings. The summed E-state index contributed by atoms with van der Waals surface area (Å²) in [6.45, 7) is 2.95. The highest BCUT2D eigenvalue weighted by Gasteiger charge is 2.05. The van der Waals surface area contributed by atoms with Gasteiger partial charge in [-0.3, -0.25) is 0 Å². The maximum Gasteiger partial charge on any atom is 0.137 e.